The molecule has 3 heteroatoms. The van der Waals surface area contributed by atoms with E-state index in [1.165, 1.54) is 0 Å². The molecule has 74 valence electrons. The molecule has 0 aliphatic heterocycles. The third-order valence-corrected chi connectivity index (χ3v) is 2.61. The minimum Gasteiger partial charge on any atom is -0.263 e. The predicted molar refractivity (Wildman–Crippen MR) is 61.8 cm³/mol. The van der Waals surface area contributed by atoms with Crippen LogP contribution in [0.4, 0.5) is 0 Å². The summed E-state index contributed by atoms with van der Waals surface area (Å²) in [5, 5.41) is 11.9. The summed E-state index contributed by atoms with van der Waals surface area (Å²) in [5.41, 5.74) is 1.49. The molecular formula is C13H7N3. The molecule has 3 rings (SSSR count). The number of rotatable bonds is 0. The van der Waals surface area contributed by atoms with Gasteiger partial charge in [-0.3, -0.25) is 9.97 Å². The average Bonchev–Trinajstić information content (AvgIpc) is 2.37. The summed E-state index contributed by atoms with van der Waals surface area (Å²) >= 11 is 0. The molecule has 0 aliphatic carbocycles. The maximum atomic E-state index is 9.08. The first-order valence-electron chi connectivity index (χ1n) is 4.92. The van der Waals surface area contributed by atoms with Crippen molar-refractivity contribution in [2.24, 2.45) is 0 Å². The Hall–Kier alpha value is -2.47. The van der Waals surface area contributed by atoms with E-state index in [0.29, 0.717) is 5.56 Å². The van der Waals surface area contributed by atoms with Gasteiger partial charge in [-0.1, -0.05) is 18.2 Å². The van der Waals surface area contributed by atoms with Crippen LogP contribution in [-0.4, -0.2) is 9.97 Å². The molecule has 0 spiro atoms. The smallest absolute Gasteiger partial charge is 0.101 e. The van der Waals surface area contributed by atoms with Crippen LogP contribution in [0.1, 0.15) is 5.56 Å². The Labute approximate surface area is 92.0 Å². The van der Waals surface area contributed by atoms with Crippen LogP contribution >= 0.6 is 0 Å². The van der Waals surface area contributed by atoms with Gasteiger partial charge in [0, 0.05) is 34.7 Å². The highest BCUT2D eigenvalue weighted by atomic mass is 14.7. The molecule has 16 heavy (non-hydrogen) atoms. The first-order chi connectivity index (χ1) is 7.90. The molecule has 0 saturated carbocycles. The van der Waals surface area contributed by atoms with Crippen LogP contribution < -0.4 is 0 Å². The molecule has 0 amide bonds. The second-order valence-corrected chi connectivity index (χ2v) is 3.54. The molecule has 2 aromatic heterocycles. The summed E-state index contributed by atoms with van der Waals surface area (Å²) in [7, 11) is 0. The monoisotopic (exact) mass is 205 g/mol. The van der Waals surface area contributed by atoms with E-state index in [2.05, 4.69) is 16.0 Å². The quantitative estimate of drug-likeness (QED) is 0.530. The summed E-state index contributed by atoms with van der Waals surface area (Å²) in [6.07, 6.45) is 5.08. The van der Waals surface area contributed by atoms with Gasteiger partial charge in [0.25, 0.3) is 0 Å². The van der Waals surface area contributed by atoms with Crippen molar-refractivity contribution in [1.29, 1.82) is 5.26 Å². The van der Waals surface area contributed by atoms with E-state index in [4.69, 9.17) is 5.26 Å². The Morgan fingerprint density at radius 1 is 1.06 bits per heavy atom. The zero-order valence-electron chi connectivity index (χ0n) is 8.38. The van der Waals surface area contributed by atoms with Crippen molar-refractivity contribution in [2.75, 3.05) is 0 Å². The fourth-order valence-corrected chi connectivity index (χ4v) is 1.90. The Morgan fingerprint density at radius 2 is 1.94 bits per heavy atom. The van der Waals surface area contributed by atoms with Gasteiger partial charge in [-0.25, -0.2) is 0 Å². The van der Waals surface area contributed by atoms with Crippen molar-refractivity contribution < 1.29 is 0 Å². The van der Waals surface area contributed by atoms with Crippen LogP contribution in [0.25, 0.3) is 21.7 Å². The van der Waals surface area contributed by atoms with Gasteiger partial charge >= 0.3 is 0 Å². The van der Waals surface area contributed by atoms with Crippen LogP contribution in [0, 0.1) is 11.3 Å². The topological polar surface area (TPSA) is 49.6 Å². The maximum absolute atomic E-state index is 9.08. The van der Waals surface area contributed by atoms with Gasteiger partial charge in [0.05, 0.1) is 11.1 Å². The number of benzene rings is 1. The molecule has 0 fully saturated rings. The second kappa shape index (κ2) is 3.28. The number of para-hydroxylation sites is 1. The minimum atomic E-state index is 0.594. The largest absolute Gasteiger partial charge is 0.263 e. The number of hydrogen-bond acceptors (Lipinski definition) is 3. The normalized spacial score (nSPS) is 10.4. The van der Waals surface area contributed by atoms with Crippen LogP contribution in [0.2, 0.25) is 0 Å². The molecule has 0 N–H and O–H groups in total. The van der Waals surface area contributed by atoms with E-state index in [1.54, 1.807) is 18.6 Å². The van der Waals surface area contributed by atoms with Gasteiger partial charge in [0.1, 0.15) is 6.07 Å². The van der Waals surface area contributed by atoms with Crippen molar-refractivity contribution >= 4 is 21.7 Å². The molecule has 0 unspecified atom stereocenters. The molecular weight excluding hydrogens is 198 g/mol. The lowest BCUT2D eigenvalue weighted by Crippen LogP contribution is -1.87. The lowest BCUT2D eigenvalue weighted by molar-refractivity contribution is 1.33. The number of pyridine rings is 2. The zero-order chi connectivity index (χ0) is 11.0. The second-order valence-electron chi connectivity index (χ2n) is 3.54. The predicted octanol–water partition coefficient (Wildman–Crippen LogP) is 2.65. The van der Waals surface area contributed by atoms with E-state index in [-0.39, 0.29) is 0 Å². The van der Waals surface area contributed by atoms with Crippen LogP contribution in [0.15, 0.2) is 42.9 Å². The molecule has 3 aromatic rings. The van der Waals surface area contributed by atoms with E-state index in [1.807, 2.05) is 24.3 Å². The number of nitrogens with zero attached hydrogens (tertiary/aromatic N) is 3. The summed E-state index contributed by atoms with van der Waals surface area (Å²) in [5.74, 6) is 0. The Bertz CT molecular complexity index is 726. The summed E-state index contributed by atoms with van der Waals surface area (Å²) in [6.45, 7) is 0. The van der Waals surface area contributed by atoms with Gasteiger partial charge in [0.15, 0.2) is 0 Å². The molecule has 3 nitrogen and oxygen atoms in total. The molecule has 1 aromatic carbocycles. The summed E-state index contributed by atoms with van der Waals surface area (Å²) < 4.78 is 0. The fourth-order valence-electron chi connectivity index (χ4n) is 1.90. The lowest BCUT2D eigenvalue weighted by atomic mass is 10.0. The third kappa shape index (κ3) is 1.14. The first kappa shape index (κ1) is 8.81. The molecule has 0 aliphatic rings. The molecule has 0 bridgehead atoms. The Kier molecular flexibility index (Phi) is 1.81. The summed E-state index contributed by atoms with van der Waals surface area (Å²) in [6, 6.07) is 9.98. The van der Waals surface area contributed by atoms with Gasteiger partial charge in [0.2, 0.25) is 0 Å². The number of hydrogen-bond donors (Lipinski definition) is 0. The van der Waals surface area contributed by atoms with Gasteiger partial charge in [-0.2, -0.15) is 5.26 Å². The van der Waals surface area contributed by atoms with Gasteiger partial charge in [-0.05, 0) is 6.07 Å². The van der Waals surface area contributed by atoms with Gasteiger partial charge in [-0.15, -0.1) is 0 Å². The number of aromatic nitrogens is 2. The molecule has 0 radical (unpaired) electrons. The third-order valence-electron chi connectivity index (χ3n) is 2.61. The van der Waals surface area contributed by atoms with Crippen LogP contribution in [-0.2, 0) is 0 Å². The number of fused-ring (bicyclic) bond motifs is 3. The molecule has 0 atom stereocenters. The number of nitriles is 1. The van der Waals surface area contributed by atoms with Crippen molar-refractivity contribution in [3.8, 4) is 6.07 Å². The van der Waals surface area contributed by atoms with Crippen LogP contribution in [0.5, 0.6) is 0 Å². The standard InChI is InChI=1S/C13H7N3/c14-5-9-6-15-7-10-8-16-12-4-2-1-3-11(12)13(9)10/h1-4,6-8H. The average molecular weight is 205 g/mol. The Balaban J connectivity index is 2.64. The lowest BCUT2D eigenvalue weighted by Gasteiger charge is -2.03. The highest BCUT2D eigenvalue weighted by Crippen LogP contribution is 2.25. The highest BCUT2D eigenvalue weighted by Gasteiger charge is 2.05. The van der Waals surface area contributed by atoms with Crippen molar-refractivity contribution in [1.82, 2.24) is 9.97 Å². The molecule has 2 heterocycles. The SMILES string of the molecule is N#Cc1cncc2cnc3ccccc3c12. The van der Waals surface area contributed by atoms with Crippen molar-refractivity contribution in [3.05, 3.63) is 48.4 Å². The molecule has 0 saturated heterocycles. The van der Waals surface area contributed by atoms with Gasteiger partial charge < -0.3 is 0 Å². The van der Waals surface area contributed by atoms with Crippen LogP contribution in [0.3, 0.4) is 0 Å². The fraction of sp³-hybridized carbons (Fsp3) is 0. The zero-order valence-corrected chi connectivity index (χ0v) is 8.38. The van der Waals surface area contributed by atoms with E-state index in [9.17, 15) is 0 Å². The van der Waals surface area contributed by atoms with E-state index < -0.39 is 0 Å². The highest BCUT2D eigenvalue weighted by molar-refractivity contribution is 6.07. The maximum Gasteiger partial charge on any atom is 0.101 e. The van der Waals surface area contributed by atoms with E-state index in [0.717, 1.165) is 21.7 Å². The first-order valence-corrected chi connectivity index (χ1v) is 4.92. The van der Waals surface area contributed by atoms with Crippen molar-refractivity contribution in [2.45, 2.75) is 0 Å². The van der Waals surface area contributed by atoms with E-state index >= 15 is 0 Å². The minimum absolute atomic E-state index is 0.594. The Morgan fingerprint density at radius 3 is 2.81 bits per heavy atom. The van der Waals surface area contributed by atoms with Crippen molar-refractivity contribution in [3.63, 3.8) is 0 Å². The summed E-state index contributed by atoms with van der Waals surface area (Å²) in [4.78, 5) is 8.36.